The van der Waals surface area contributed by atoms with Crippen molar-refractivity contribution in [2.75, 3.05) is 0 Å². The molecule has 0 unspecified atom stereocenters. The van der Waals surface area contributed by atoms with Crippen molar-refractivity contribution >= 4 is 11.4 Å². The fourth-order valence-corrected chi connectivity index (χ4v) is 4.94. The van der Waals surface area contributed by atoms with Gasteiger partial charge in [-0.2, -0.15) is 31.6 Å². The fourth-order valence-electron chi connectivity index (χ4n) is 4.94. The number of hydrogen-bond donors (Lipinski definition) is 0. The van der Waals surface area contributed by atoms with E-state index < -0.39 is 0 Å². The zero-order valence-corrected chi connectivity index (χ0v) is 23.5. The predicted molar refractivity (Wildman–Crippen MR) is 169 cm³/mol. The van der Waals surface area contributed by atoms with Crippen LogP contribution < -0.4 is 0 Å². The van der Waals surface area contributed by atoms with Gasteiger partial charge in [-0.15, -0.1) is 0 Å². The van der Waals surface area contributed by atoms with Gasteiger partial charge in [0.15, 0.2) is 11.4 Å². The first kappa shape index (κ1) is 26.9. The van der Waals surface area contributed by atoms with Crippen molar-refractivity contribution in [1.82, 2.24) is 0 Å². The van der Waals surface area contributed by atoms with Crippen LogP contribution in [-0.4, -0.2) is 0 Å². The van der Waals surface area contributed by atoms with E-state index in [1.54, 1.807) is 0 Å². The molecule has 5 aromatic rings. The maximum atomic E-state index is 9.80. The smallest absolute Gasteiger partial charge is 0.189 e. The fraction of sp³-hybridized carbons (Fsp3) is 0. The second kappa shape index (κ2) is 12.5. The van der Waals surface area contributed by atoms with Gasteiger partial charge in [0.05, 0.1) is 74.6 Å². The average molecular weight is 585 g/mol. The quantitative estimate of drug-likeness (QED) is 0.193. The Morgan fingerprint density at radius 1 is 0.391 bits per heavy atom. The van der Waals surface area contributed by atoms with Gasteiger partial charge in [-0.3, -0.25) is 0 Å². The Hall–Kier alpha value is -7.98. The molecule has 0 saturated carbocycles. The molecule has 0 heterocycles. The van der Waals surface area contributed by atoms with Crippen LogP contribution in [0.25, 0.3) is 54.2 Å². The maximum Gasteiger partial charge on any atom is 0.189 e. The first-order valence-electron chi connectivity index (χ1n) is 14.2. The first-order chi connectivity index (χ1) is 23.2. The SMILES string of the molecule is [2H]c1c(-c2cc(C#N)cc(C#N)c2)c(-c2cc(C#N)cc(C#N)c2)c([2H])c(-c2cc(C#N)cc([N+]#[C-])c2)c1-c1cc(C#N)cc([N+]#[C-])c1. The van der Waals surface area contributed by atoms with E-state index in [0.29, 0.717) is 0 Å². The van der Waals surface area contributed by atoms with Gasteiger partial charge in [0, 0.05) is 11.1 Å². The number of rotatable bonds is 4. The van der Waals surface area contributed by atoms with E-state index in [2.05, 4.69) is 9.69 Å². The minimum absolute atomic E-state index is 0.0693. The van der Waals surface area contributed by atoms with Gasteiger partial charge in [-0.05, 0) is 129 Å². The molecule has 0 fully saturated rings. The molecule has 0 radical (unpaired) electrons. The predicted octanol–water partition coefficient (Wildman–Crippen LogP) is 8.69. The van der Waals surface area contributed by atoms with Crippen LogP contribution in [0.5, 0.6) is 0 Å². The summed E-state index contributed by atoms with van der Waals surface area (Å²) in [7, 11) is 0. The maximum absolute atomic E-state index is 9.80. The topological polar surface area (TPSA) is 151 Å². The lowest BCUT2D eigenvalue weighted by molar-refractivity contribution is 1.43. The van der Waals surface area contributed by atoms with Crippen molar-refractivity contribution in [2.45, 2.75) is 0 Å². The molecule has 0 aromatic heterocycles. The van der Waals surface area contributed by atoms with Gasteiger partial charge in [0.1, 0.15) is 0 Å². The van der Waals surface area contributed by atoms with Crippen molar-refractivity contribution in [2.24, 2.45) is 0 Å². The second-order valence-corrected chi connectivity index (χ2v) is 9.78. The molecule has 0 amide bonds. The van der Waals surface area contributed by atoms with E-state index in [-0.39, 0.29) is 101 Å². The Labute approximate surface area is 267 Å². The van der Waals surface area contributed by atoms with Gasteiger partial charge in [0.25, 0.3) is 0 Å². The number of benzene rings is 5. The summed E-state index contributed by atoms with van der Waals surface area (Å²) in [6.07, 6.45) is 0. The number of nitrogens with zero attached hydrogens (tertiary/aromatic N) is 8. The van der Waals surface area contributed by atoms with Crippen LogP contribution in [0.2, 0.25) is 0 Å². The van der Waals surface area contributed by atoms with E-state index in [0.717, 1.165) is 0 Å². The van der Waals surface area contributed by atoms with Crippen LogP contribution in [-0.2, 0) is 0 Å². The molecule has 0 spiro atoms. The zero-order chi connectivity index (χ0) is 34.5. The van der Waals surface area contributed by atoms with Crippen molar-refractivity contribution in [1.29, 1.82) is 31.6 Å². The Balaban J connectivity index is 2.13. The molecule has 206 valence electrons. The number of hydrogen-bond acceptors (Lipinski definition) is 6. The Morgan fingerprint density at radius 2 is 0.630 bits per heavy atom. The summed E-state index contributed by atoms with van der Waals surface area (Å²) in [6, 6.07) is 28.7. The summed E-state index contributed by atoms with van der Waals surface area (Å²) in [6.45, 7) is 15.3. The van der Waals surface area contributed by atoms with Crippen LogP contribution in [0, 0.1) is 81.1 Å². The Bertz CT molecular complexity index is 2100. The van der Waals surface area contributed by atoms with Crippen molar-refractivity contribution in [3.8, 4) is 80.9 Å². The van der Waals surface area contributed by atoms with Crippen LogP contribution in [0.4, 0.5) is 11.4 Å². The highest BCUT2D eigenvalue weighted by molar-refractivity contribution is 5.97. The molecule has 5 aromatic carbocycles. The van der Waals surface area contributed by atoms with Gasteiger partial charge >= 0.3 is 0 Å². The molecule has 46 heavy (non-hydrogen) atoms. The van der Waals surface area contributed by atoms with Gasteiger partial charge in [0.2, 0.25) is 0 Å². The van der Waals surface area contributed by atoms with Crippen LogP contribution in [0.1, 0.15) is 36.1 Å². The molecule has 8 heteroatoms. The van der Waals surface area contributed by atoms with Gasteiger partial charge in [-0.25, -0.2) is 9.69 Å². The Morgan fingerprint density at radius 3 is 0.870 bits per heavy atom. The van der Waals surface area contributed by atoms with Gasteiger partial charge < -0.3 is 0 Å². The second-order valence-electron chi connectivity index (χ2n) is 9.78. The summed E-state index contributed by atoms with van der Waals surface area (Å²) in [5.74, 6) is 0. The first-order valence-corrected chi connectivity index (χ1v) is 13.2. The van der Waals surface area contributed by atoms with Crippen molar-refractivity contribution in [3.63, 3.8) is 0 Å². The minimum atomic E-state index is -0.242. The molecule has 5 rings (SSSR count). The third kappa shape index (κ3) is 5.70. The highest BCUT2D eigenvalue weighted by atomic mass is 14.6. The van der Waals surface area contributed by atoms with E-state index in [4.69, 9.17) is 13.1 Å². The highest BCUT2D eigenvalue weighted by Crippen LogP contribution is 2.44. The largest absolute Gasteiger partial charge is 0.238 e. The number of nitriles is 6. The molecule has 0 N–H and O–H groups in total. The molecule has 8 nitrogen and oxygen atoms in total. The molecule has 0 aliphatic carbocycles. The average Bonchev–Trinajstić information content (AvgIpc) is 3.13. The molecule has 0 aliphatic heterocycles. The lowest BCUT2D eigenvalue weighted by atomic mass is 9.84. The zero-order valence-electron chi connectivity index (χ0n) is 25.5. The summed E-state index contributed by atoms with van der Waals surface area (Å²) >= 11 is 0. The molecular weight excluding hydrogens is 568 g/mol. The molecule has 0 aliphatic rings. The van der Waals surface area contributed by atoms with Crippen LogP contribution >= 0.6 is 0 Å². The minimum Gasteiger partial charge on any atom is -0.238 e. The lowest BCUT2D eigenvalue weighted by Gasteiger charge is -2.19. The summed E-state index contributed by atoms with van der Waals surface area (Å²) in [5, 5.41) is 58.8. The molecular formula is C38H14N8. The van der Waals surface area contributed by atoms with E-state index in [9.17, 15) is 34.3 Å². The third-order valence-corrected chi connectivity index (χ3v) is 6.89. The molecule has 0 atom stereocenters. The standard InChI is InChI=1S/C38H14N8/c1-45-33-11-27(21-43)9-31(13-33)37-15-35(29-5-23(17-39)3-24(6-29)18-40)36(30-7-25(19-41)4-26(8-30)20-42)16-38(37)32-10-28(22-44)12-34(14-32)46-2/h3-16H/i15D,16D. The third-order valence-electron chi connectivity index (χ3n) is 6.89. The van der Waals surface area contributed by atoms with Crippen molar-refractivity contribution in [3.05, 3.63) is 141 Å². The monoisotopic (exact) mass is 584 g/mol. The molecule has 0 bridgehead atoms. The Kier molecular flexibility index (Phi) is 7.30. The van der Waals surface area contributed by atoms with Crippen LogP contribution in [0.3, 0.4) is 0 Å². The van der Waals surface area contributed by atoms with E-state index >= 15 is 0 Å². The van der Waals surface area contributed by atoms with Crippen molar-refractivity contribution < 1.29 is 2.74 Å². The summed E-state index contributed by atoms with van der Waals surface area (Å²) in [5.41, 5.74) is 1.90. The van der Waals surface area contributed by atoms with Crippen LogP contribution in [0.15, 0.2) is 84.9 Å². The highest BCUT2D eigenvalue weighted by Gasteiger charge is 2.19. The van der Waals surface area contributed by atoms with Gasteiger partial charge in [-0.1, -0.05) is 0 Å². The normalized spacial score (nSPS) is 10.2. The van der Waals surface area contributed by atoms with E-state index in [1.807, 2.05) is 36.4 Å². The molecule has 0 saturated heterocycles. The summed E-state index contributed by atoms with van der Waals surface area (Å²) in [4.78, 5) is 6.96. The van der Waals surface area contributed by atoms with E-state index in [1.165, 1.54) is 72.8 Å². The lowest BCUT2D eigenvalue weighted by Crippen LogP contribution is -1.95. The summed E-state index contributed by atoms with van der Waals surface area (Å²) < 4.78 is 19.5.